The number of hydrogen-bond acceptors (Lipinski definition) is 3. The van der Waals surface area contributed by atoms with Crippen LogP contribution in [0.25, 0.3) is 16.9 Å². The van der Waals surface area contributed by atoms with Gasteiger partial charge in [-0.15, -0.1) is 0 Å². The molecule has 29 heavy (non-hydrogen) atoms. The van der Waals surface area contributed by atoms with Crippen LogP contribution < -0.4 is 10.6 Å². The average Bonchev–Trinajstić information content (AvgIpc) is 3.18. The van der Waals surface area contributed by atoms with Gasteiger partial charge in [0.15, 0.2) is 0 Å². The summed E-state index contributed by atoms with van der Waals surface area (Å²) in [5.74, 6) is -0.162. The second-order valence-electron chi connectivity index (χ2n) is 7.04. The van der Waals surface area contributed by atoms with Crippen LogP contribution in [0.15, 0.2) is 73.1 Å². The molecule has 4 aromatic rings. The van der Waals surface area contributed by atoms with Crippen molar-refractivity contribution in [3.63, 3.8) is 0 Å². The first-order valence-electron chi connectivity index (χ1n) is 9.44. The van der Waals surface area contributed by atoms with Crippen molar-refractivity contribution in [2.75, 3.05) is 10.6 Å². The minimum atomic E-state index is -0.176. The van der Waals surface area contributed by atoms with Crippen LogP contribution in [0.5, 0.6) is 0 Å². The normalized spacial score (nSPS) is 13.0. The molecule has 0 bridgehead atoms. The van der Waals surface area contributed by atoms with Crippen LogP contribution in [-0.2, 0) is 11.2 Å². The van der Waals surface area contributed by atoms with E-state index in [-0.39, 0.29) is 11.8 Å². The predicted octanol–water partition coefficient (Wildman–Crippen LogP) is 4.14. The SMILES string of the molecule is O=C1CCc2cc(C(=O)Nc3ccc(-c4cn5ccccc5n4)cc3)ccc2N1. The Morgan fingerprint density at radius 3 is 2.72 bits per heavy atom. The first-order valence-corrected chi connectivity index (χ1v) is 9.44. The summed E-state index contributed by atoms with van der Waals surface area (Å²) in [6, 6.07) is 18.9. The highest BCUT2D eigenvalue weighted by atomic mass is 16.2. The molecule has 1 aliphatic heterocycles. The number of aromatic nitrogens is 2. The molecule has 3 heterocycles. The first kappa shape index (κ1) is 17.2. The quantitative estimate of drug-likeness (QED) is 0.559. The van der Waals surface area contributed by atoms with Crippen LogP contribution in [0, 0.1) is 0 Å². The molecule has 0 unspecified atom stereocenters. The Kier molecular flexibility index (Phi) is 4.09. The fourth-order valence-corrected chi connectivity index (χ4v) is 3.53. The smallest absolute Gasteiger partial charge is 0.255 e. The number of nitrogens with zero attached hydrogens (tertiary/aromatic N) is 2. The van der Waals surface area contributed by atoms with Crippen molar-refractivity contribution in [3.8, 4) is 11.3 Å². The highest BCUT2D eigenvalue weighted by molar-refractivity contribution is 6.05. The Morgan fingerprint density at radius 1 is 1.03 bits per heavy atom. The highest BCUT2D eigenvalue weighted by Crippen LogP contribution is 2.25. The number of imidazole rings is 1. The number of rotatable bonds is 3. The number of aryl methyl sites for hydroxylation is 1. The molecule has 2 aromatic heterocycles. The molecule has 0 spiro atoms. The van der Waals surface area contributed by atoms with E-state index in [2.05, 4.69) is 15.6 Å². The number of anilines is 2. The number of hydrogen-bond donors (Lipinski definition) is 2. The van der Waals surface area contributed by atoms with Crippen molar-refractivity contribution in [2.45, 2.75) is 12.8 Å². The summed E-state index contributed by atoms with van der Waals surface area (Å²) < 4.78 is 1.98. The van der Waals surface area contributed by atoms with E-state index in [4.69, 9.17) is 0 Å². The van der Waals surface area contributed by atoms with Crippen molar-refractivity contribution >= 4 is 28.8 Å². The van der Waals surface area contributed by atoms with Gasteiger partial charge in [0.1, 0.15) is 5.65 Å². The summed E-state index contributed by atoms with van der Waals surface area (Å²) in [6.07, 6.45) is 5.04. The van der Waals surface area contributed by atoms with Crippen LogP contribution in [0.3, 0.4) is 0 Å². The Bertz CT molecular complexity index is 1210. The number of benzene rings is 2. The zero-order chi connectivity index (χ0) is 19.8. The van der Waals surface area contributed by atoms with Crippen LogP contribution in [0.4, 0.5) is 11.4 Å². The van der Waals surface area contributed by atoms with Crippen LogP contribution in [0.1, 0.15) is 22.3 Å². The Labute approximate surface area is 167 Å². The fourth-order valence-electron chi connectivity index (χ4n) is 3.53. The summed E-state index contributed by atoms with van der Waals surface area (Å²) in [5.41, 5.74) is 5.82. The molecule has 0 aliphatic carbocycles. The van der Waals surface area contributed by atoms with E-state index in [0.29, 0.717) is 24.1 Å². The maximum atomic E-state index is 12.6. The number of pyridine rings is 1. The standard InChI is InChI=1S/C23H18N4O2/c28-22-11-7-16-13-17(6-10-19(16)26-22)23(29)24-18-8-4-15(5-9-18)20-14-27-12-2-1-3-21(27)25-20/h1-6,8-10,12-14H,7,11H2,(H,24,29)(H,26,28). The third-order valence-electron chi connectivity index (χ3n) is 5.07. The van der Waals surface area contributed by atoms with Gasteiger partial charge in [0, 0.05) is 41.3 Å². The highest BCUT2D eigenvalue weighted by Gasteiger charge is 2.16. The average molecular weight is 382 g/mol. The Hall–Kier alpha value is -3.93. The van der Waals surface area contributed by atoms with E-state index in [0.717, 1.165) is 28.2 Å². The number of amides is 2. The molecular formula is C23H18N4O2. The molecular weight excluding hydrogens is 364 g/mol. The minimum Gasteiger partial charge on any atom is -0.326 e. The lowest BCUT2D eigenvalue weighted by molar-refractivity contribution is -0.116. The summed E-state index contributed by atoms with van der Waals surface area (Å²) in [4.78, 5) is 28.7. The van der Waals surface area contributed by atoms with E-state index in [1.807, 2.05) is 65.3 Å². The second-order valence-corrected chi connectivity index (χ2v) is 7.04. The summed E-state index contributed by atoms with van der Waals surface area (Å²) in [6.45, 7) is 0. The molecule has 6 heteroatoms. The predicted molar refractivity (Wildman–Crippen MR) is 112 cm³/mol. The van der Waals surface area contributed by atoms with E-state index < -0.39 is 0 Å². The van der Waals surface area contributed by atoms with E-state index in [1.165, 1.54) is 0 Å². The number of nitrogens with one attached hydrogen (secondary N) is 2. The molecule has 0 saturated carbocycles. The third-order valence-corrected chi connectivity index (χ3v) is 5.07. The third kappa shape index (κ3) is 3.36. The summed E-state index contributed by atoms with van der Waals surface area (Å²) >= 11 is 0. The number of fused-ring (bicyclic) bond motifs is 2. The fraction of sp³-hybridized carbons (Fsp3) is 0.0870. The van der Waals surface area contributed by atoms with Gasteiger partial charge < -0.3 is 15.0 Å². The van der Waals surface area contributed by atoms with E-state index in [9.17, 15) is 9.59 Å². The Morgan fingerprint density at radius 2 is 1.90 bits per heavy atom. The Balaban J connectivity index is 1.33. The monoisotopic (exact) mass is 382 g/mol. The van der Waals surface area contributed by atoms with Gasteiger partial charge in [-0.3, -0.25) is 9.59 Å². The van der Waals surface area contributed by atoms with Crippen molar-refractivity contribution in [3.05, 3.63) is 84.2 Å². The van der Waals surface area contributed by atoms with Crippen molar-refractivity contribution in [1.29, 1.82) is 0 Å². The van der Waals surface area contributed by atoms with Gasteiger partial charge in [-0.05, 0) is 54.4 Å². The van der Waals surface area contributed by atoms with Gasteiger partial charge in [0.05, 0.1) is 5.69 Å². The van der Waals surface area contributed by atoms with Gasteiger partial charge in [-0.2, -0.15) is 0 Å². The topological polar surface area (TPSA) is 75.5 Å². The summed E-state index contributed by atoms with van der Waals surface area (Å²) in [7, 11) is 0. The lowest BCUT2D eigenvalue weighted by Crippen LogP contribution is -2.20. The minimum absolute atomic E-state index is 0.0143. The van der Waals surface area contributed by atoms with E-state index >= 15 is 0 Å². The molecule has 2 N–H and O–H groups in total. The van der Waals surface area contributed by atoms with Crippen molar-refractivity contribution < 1.29 is 9.59 Å². The van der Waals surface area contributed by atoms with Crippen LogP contribution >= 0.6 is 0 Å². The van der Waals surface area contributed by atoms with Gasteiger partial charge in [0.2, 0.25) is 5.91 Å². The van der Waals surface area contributed by atoms with Crippen LogP contribution in [-0.4, -0.2) is 21.2 Å². The molecule has 0 atom stereocenters. The molecule has 0 saturated heterocycles. The molecule has 0 radical (unpaired) electrons. The number of carbonyl (C=O) groups excluding carboxylic acids is 2. The maximum absolute atomic E-state index is 12.6. The van der Waals surface area contributed by atoms with Crippen LogP contribution in [0.2, 0.25) is 0 Å². The van der Waals surface area contributed by atoms with Gasteiger partial charge in [-0.1, -0.05) is 18.2 Å². The van der Waals surface area contributed by atoms with Gasteiger partial charge in [0.25, 0.3) is 5.91 Å². The molecule has 2 aromatic carbocycles. The second kappa shape index (κ2) is 6.91. The largest absolute Gasteiger partial charge is 0.326 e. The molecule has 0 fully saturated rings. The van der Waals surface area contributed by atoms with Crippen molar-refractivity contribution in [1.82, 2.24) is 9.38 Å². The van der Waals surface area contributed by atoms with Gasteiger partial charge in [-0.25, -0.2) is 4.98 Å². The molecule has 142 valence electrons. The van der Waals surface area contributed by atoms with Crippen molar-refractivity contribution in [2.24, 2.45) is 0 Å². The molecule has 6 nitrogen and oxygen atoms in total. The molecule has 1 aliphatic rings. The van der Waals surface area contributed by atoms with Gasteiger partial charge >= 0.3 is 0 Å². The zero-order valence-electron chi connectivity index (χ0n) is 15.6. The van der Waals surface area contributed by atoms with E-state index in [1.54, 1.807) is 12.1 Å². The first-order chi connectivity index (χ1) is 14.2. The molecule has 5 rings (SSSR count). The lowest BCUT2D eigenvalue weighted by Gasteiger charge is -2.17. The zero-order valence-corrected chi connectivity index (χ0v) is 15.6. The number of carbonyl (C=O) groups is 2. The lowest BCUT2D eigenvalue weighted by atomic mass is 10.00. The maximum Gasteiger partial charge on any atom is 0.255 e. The summed E-state index contributed by atoms with van der Waals surface area (Å²) in [5, 5.41) is 5.76. The molecule has 2 amide bonds.